The van der Waals surface area contributed by atoms with Crippen molar-refractivity contribution in [2.24, 2.45) is 5.92 Å². The average Bonchev–Trinajstić information content (AvgIpc) is 2.99. The molecule has 0 aromatic rings. The van der Waals surface area contributed by atoms with E-state index in [9.17, 15) is 9.59 Å². The summed E-state index contributed by atoms with van der Waals surface area (Å²) < 4.78 is 0. The first kappa shape index (κ1) is 10.5. The molecule has 1 N–H and O–H groups in total. The minimum absolute atomic E-state index is 0.0320. The molecular formula is C11H17NO3. The maximum atomic E-state index is 12.0. The van der Waals surface area contributed by atoms with Gasteiger partial charge in [0.1, 0.15) is 0 Å². The quantitative estimate of drug-likeness (QED) is 0.761. The zero-order valence-electron chi connectivity index (χ0n) is 8.82. The molecule has 1 aliphatic heterocycles. The van der Waals surface area contributed by atoms with Crippen molar-refractivity contribution in [1.82, 2.24) is 4.90 Å². The van der Waals surface area contributed by atoms with Crippen LogP contribution in [0, 0.1) is 5.92 Å². The lowest BCUT2D eigenvalue weighted by Gasteiger charge is -2.32. The number of carbonyl (C=O) groups is 2. The Balaban J connectivity index is 1.87. The maximum absolute atomic E-state index is 12.0. The van der Waals surface area contributed by atoms with E-state index in [1.807, 2.05) is 4.90 Å². The van der Waals surface area contributed by atoms with Crippen LogP contribution in [0.4, 0.5) is 0 Å². The zero-order valence-corrected chi connectivity index (χ0v) is 8.82. The van der Waals surface area contributed by atoms with Gasteiger partial charge in [0.2, 0.25) is 5.91 Å². The second-order valence-electron chi connectivity index (χ2n) is 4.53. The summed E-state index contributed by atoms with van der Waals surface area (Å²) in [6, 6.07) is 0.477. The molecule has 1 amide bonds. The first-order valence-electron chi connectivity index (χ1n) is 5.71. The predicted molar refractivity (Wildman–Crippen MR) is 54.3 cm³/mol. The fourth-order valence-electron chi connectivity index (χ4n) is 2.29. The molecular weight excluding hydrogens is 194 g/mol. The van der Waals surface area contributed by atoms with Gasteiger partial charge in [-0.25, -0.2) is 0 Å². The van der Waals surface area contributed by atoms with Crippen molar-refractivity contribution in [3.8, 4) is 0 Å². The van der Waals surface area contributed by atoms with E-state index in [0.717, 1.165) is 32.2 Å². The van der Waals surface area contributed by atoms with Crippen molar-refractivity contribution in [3.63, 3.8) is 0 Å². The van der Waals surface area contributed by atoms with Gasteiger partial charge in [-0.3, -0.25) is 9.59 Å². The van der Waals surface area contributed by atoms with Crippen molar-refractivity contribution < 1.29 is 14.7 Å². The Labute approximate surface area is 89.3 Å². The van der Waals surface area contributed by atoms with Crippen LogP contribution in [0.5, 0.6) is 0 Å². The Morgan fingerprint density at radius 1 is 1.40 bits per heavy atom. The van der Waals surface area contributed by atoms with Gasteiger partial charge in [-0.2, -0.15) is 0 Å². The van der Waals surface area contributed by atoms with E-state index in [1.165, 1.54) is 0 Å². The molecule has 1 heterocycles. The smallest absolute Gasteiger partial charge is 0.303 e. The van der Waals surface area contributed by atoms with Crippen LogP contribution in [-0.4, -0.2) is 34.5 Å². The summed E-state index contributed by atoms with van der Waals surface area (Å²) in [7, 11) is 0. The van der Waals surface area contributed by atoms with Crippen molar-refractivity contribution in [1.29, 1.82) is 0 Å². The van der Waals surface area contributed by atoms with Gasteiger partial charge in [-0.15, -0.1) is 0 Å². The van der Waals surface area contributed by atoms with E-state index in [0.29, 0.717) is 12.5 Å². The summed E-state index contributed by atoms with van der Waals surface area (Å²) >= 11 is 0. The average molecular weight is 211 g/mol. The normalized spacial score (nSPS) is 26.8. The van der Waals surface area contributed by atoms with Crippen LogP contribution in [0.15, 0.2) is 0 Å². The Morgan fingerprint density at radius 2 is 2.13 bits per heavy atom. The number of carboxylic acids is 1. The first-order valence-corrected chi connectivity index (χ1v) is 5.71. The third kappa shape index (κ3) is 2.49. The lowest BCUT2D eigenvalue weighted by molar-refractivity contribution is -0.141. The molecule has 2 fully saturated rings. The van der Waals surface area contributed by atoms with E-state index >= 15 is 0 Å². The van der Waals surface area contributed by atoms with Gasteiger partial charge in [0, 0.05) is 24.9 Å². The molecule has 4 nitrogen and oxygen atoms in total. The molecule has 0 spiro atoms. The molecule has 0 radical (unpaired) electrons. The summed E-state index contributed by atoms with van der Waals surface area (Å²) in [5.74, 6) is -0.633. The summed E-state index contributed by atoms with van der Waals surface area (Å²) in [4.78, 5) is 24.4. The SMILES string of the molecule is O=C(O)CCC1CCCN(C2CC2)C1=O. The predicted octanol–water partition coefficient (Wildman–Crippen LogP) is 1.25. The minimum atomic E-state index is -0.800. The molecule has 1 saturated heterocycles. The zero-order chi connectivity index (χ0) is 10.8. The lowest BCUT2D eigenvalue weighted by atomic mass is 9.92. The molecule has 2 aliphatic rings. The van der Waals surface area contributed by atoms with E-state index in [1.54, 1.807) is 0 Å². The van der Waals surface area contributed by atoms with Crippen LogP contribution in [0.25, 0.3) is 0 Å². The lowest BCUT2D eigenvalue weighted by Crippen LogP contribution is -2.42. The number of hydrogen-bond donors (Lipinski definition) is 1. The van der Waals surface area contributed by atoms with Gasteiger partial charge in [-0.05, 0) is 32.1 Å². The second-order valence-corrected chi connectivity index (χ2v) is 4.53. The van der Waals surface area contributed by atoms with Crippen molar-refractivity contribution >= 4 is 11.9 Å². The van der Waals surface area contributed by atoms with Gasteiger partial charge < -0.3 is 10.0 Å². The van der Waals surface area contributed by atoms with Crippen molar-refractivity contribution in [2.45, 2.75) is 44.6 Å². The van der Waals surface area contributed by atoms with Crippen LogP contribution in [0.1, 0.15) is 38.5 Å². The molecule has 1 saturated carbocycles. The van der Waals surface area contributed by atoms with Crippen LogP contribution in [-0.2, 0) is 9.59 Å². The number of likely N-dealkylation sites (tertiary alicyclic amines) is 1. The van der Waals surface area contributed by atoms with E-state index in [4.69, 9.17) is 5.11 Å². The Hall–Kier alpha value is -1.06. The summed E-state index contributed by atoms with van der Waals surface area (Å²) in [5.41, 5.74) is 0. The highest BCUT2D eigenvalue weighted by Crippen LogP contribution is 2.33. The fraction of sp³-hybridized carbons (Fsp3) is 0.818. The molecule has 1 unspecified atom stereocenters. The largest absolute Gasteiger partial charge is 0.481 e. The number of carbonyl (C=O) groups excluding carboxylic acids is 1. The Morgan fingerprint density at radius 3 is 2.73 bits per heavy atom. The number of rotatable bonds is 4. The van der Waals surface area contributed by atoms with Gasteiger partial charge in [-0.1, -0.05) is 0 Å². The number of piperidine rings is 1. The van der Waals surface area contributed by atoms with Crippen LogP contribution in [0.3, 0.4) is 0 Å². The highest BCUT2D eigenvalue weighted by atomic mass is 16.4. The van der Waals surface area contributed by atoms with Gasteiger partial charge in [0.15, 0.2) is 0 Å². The van der Waals surface area contributed by atoms with Crippen LogP contribution in [0.2, 0.25) is 0 Å². The monoisotopic (exact) mass is 211 g/mol. The second kappa shape index (κ2) is 4.21. The molecule has 1 aliphatic carbocycles. The molecule has 4 heteroatoms. The number of aliphatic carboxylic acids is 1. The van der Waals surface area contributed by atoms with Gasteiger partial charge >= 0.3 is 5.97 Å². The Bertz CT molecular complexity index is 273. The molecule has 15 heavy (non-hydrogen) atoms. The van der Waals surface area contributed by atoms with Crippen molar-refractivity contribution in [3.05, 3.63) is 0 Å². The van der Waals surface area contributed by atoms with E-state index in [-0.39, 0.29) is 18.2 Å². The van der Waals surface area contributed by atoms with Crippen molar-refractivity contribution in [2.75, 3.05) is 6.54 Å². The Kier molecular flexibility index (Phi) is 2.93. The maximum Gasteiger partial charge on any atom is 0.303 e. The van der Waals surface area contributed by atoms with E-state index in [2.05, 4.69) is 0 Å². The van der Waals surface area contributed by atoms with E-state index < -0.39 is 5.97 Å². The number of hydrogen-bond acceptors (Lipinski definition) is 2. The van der Waals surface area contributed by atoms with Crippen LogP contribution < -0.4 is 0 Å². The van der Waals surface area contributed by atoms with Gasteiger partial charge in [0.25, 0.3) is 0 Å². The summed E-state index contributed by atoms with van der Waals surface area (Å²) in [6.45, 7) is 0.882. The number of carboxylic acid groups (broad SMARTS) is 1. The fourth-order valence-corrected chi connectivity index (χ4v) is 2.29. The standard InChI is InChI=1S/C11H17NO3/c13-10(14)6-3-8-2-1-7-12(11(8)15)9-4-5-9/h8-9H,1-7H2,(H,13,14). The number of amides is 1. The highest BCUT2D eigenvalue weighted by molar-refractivity contribution is 5.80. The molecule has 0 aromatic heterocycles. The molecule has 0 bridgehead atoms. The highest BCUT2D eigenvalue weighted by Gasteiger charge is 2.37. The summed E-state index contributed by atoms with van der Waals surface area (Å²) in [5, 5.41) is 8.59. The topological polar surface area (TPSA) is 57.6 Å². The molecule has 84 valence electrons. The molecule has 2 rings (SSSR count). The molecule has 0 aromatic carbocycles. The first-order chi connectivity index (χ1) is 7.18. The third-order valence-electron chi connectivity index (χ3n) is 3.28. The summed E-state index contributed by atoms with van der Waals surface area (Å²) in [6.07, 6.45) is 4.81. The minimum Gasteiger partial charge on any atom is -0.481 e. The van der Waals surface area contributed by atoms with Gasteiger partial charge in [0.05, 0.1) is 0 Å². The molecule has 1 atom stereocenters. The number of nitrogens with zero attached hydrogens (tertiary/aromatic N) is 1. The van der Waals surface area contributed by atoms with Crippen LogP contribution >= 0.6 is 0 Å². The third-order valence-corrected chi connectivity index (χ3v) is 3.28.